The molecule has 1 aliphatic carbocycles. The Balaban J connectivity index is 1.82. The summed E-state index contributed by atoms with van der Waals surface area (Å²) in [6.07, 6.45) is -2.84. The molecule has 0 saturated heterocycles. The van der Waals surface area contributed by atoms with Gasteiger partial charge in [0, 0.05) is 11.6 Å². The Bertz CT molecular complexity index is 843. The molecule has 0 bridgehead atoms. The third-order valence-electron chi connectivity index (χ3n) is 3.98. The first kappa shape index (κ1) is 17.9. The first-order chi connectivity index (χ1) is 11.7. The lowest BCUT2D eigenvalue weighted by Gasteiger charge is -2.18. The van der Waals surface area contributed by atoms with E-state index in [-0.39, 0.29) is 23.5 Å². The average molecular weight is 375 g/mol. The summed E-state index contributed by atoms with van der Waals surface area (Å²) in [4.78, 5) is 3.33. The quantitative estimate of drug-likeness (QED) is 0.838. The molecule has 3 rings (SSSR count). The standard InChI is InChI=1S/C15H16F3N3O3S/c1-2-25(22,23)21-12(9-3-4-9)10-5-7-11(8-6-10)13-19-14(24-20-13)15(16,17)18/h5-9,12,21H,2-4H2,1H3. The highest BCUT2D eigenvalue weighted by atomic mass is 32.2. The van der Waals surface area contributed by atoms with Gasteiger partial charge in [-0.15, -0.1) is 0 Å². The second-order valence-electron chi connectivity index (χ2n) is 5.88. The molecule has 6 nitrogen and oxygen atoms in total. The molecule has 0 amide bonds. The van der Waals surface area contributed by atoms with E-state index < -0.39 is 22.1 Å². The van der Waals surface area contributed by atoms with E-state index >= 15 is 0 Å². The zero-order valence-corrected chi connectivity index (χ0v) is 14.1. The van der Waals surface area contributed by atoms with E-state index in [2.05, 4.69) is 19.4 Å². The molecule has 2 aromatic rings. The molecule has 10 heteroatoms. The SMILES string of the molecule is CCS(=O)(=O)NC(c1ccc(-c2noc(C(F)(F)F)n2)cc1)C1CC1. The fourth-order valence-corrected chi connectivity index (χ4v) is 3.32. The normalized spacial score (nSPS) is 16.8. The molecule has 1 saturated carbocycles. The molecule has 1 N–H and O–H groups in total. The van der Waals surface area contributed by atoms with E-state index in [9.17, 15) is 21.6 Å². The molecule has 1 aromatic heterocycles. The molecule has 1 unspecified atom stereocenters. The molecular weight excluding hydrogens is 359 g/mol. The van der Waals surface area contributed by atoms with Gasteiger partial charge in [-0.2, -0.15) is 18.2 Å². The van der Waals surface area contributed by atoms with E-state index in [0.29, 0.717) is 5.56 Å². The summed E-state index contributed by atoms with van der Waals surface area (Å²) in [7, 11) is -3.36. The lowest BCUT2D eigenvalue weighted by molar-refractivity contribution is -0.159. The van der Waals surface area contributed by atoms with E-state index in [1.165, 1.54) is 0 Å². The van der Waals surface area contributed by atoms with Gasteiger partial charge in [0.25, 0.3) is 0 Å². The molecule has 1 aliphatic rings. The number of aromatic nitrogens is 2. The minimum absolute atomic E-state index is 0.0165. The number of hydrogen-bond acceptors (Lipinski definition) is 5. The molecule has 1 fully saturated rings. The Kier molecular flexibility index (Phi) is 4.58. The molecule has 136 valence electrons. The van der Waals surface area contributed by atoms with Gasteiger partial charge in [-0.05, 0) is 31.2 Å². The minimum atomic E-state index is -4.69. The van der Waals surface area contributed by atoms with Crippen LogP contribution in [0.3, 0.4) is 0 Å². The summed E-state index contributed by atoms with van der Waals surface area (Å²) >= 11 is 0. The van der Waals surface area contributed by atoms with Gasteiger partial charge in [0.1, 0.15) is 0 Å². The van der Waals surface area contributed by atoms with Crippen LogP contribution in [0, 0.1) is 5.92 Å². The highest BCUT2D eigenvalue weighted by molar-refractivity contribution is 7.89. The van der Waals surface area contributed by atoms with Crippen molar-refractivity contribution in [3.8, 4) is 11.4 Å². The van der Waals surface area contributed by atoms with Crippen LogP contribution in [0.5, 0.6) is 0 Å². The number of halogens is 3. The fraction of sp³-hybridized carbons (Fsp3) is 0.467. The summed E-state index contributed by atoms with van der Waals surface area (Å²) in [5.74, 6) is -1.36. The average Bonchev–Trinajstić information content (AvgIpc) is 3.27. The third kappa shape index (κ3) is 4.18. The number of alkyl halides is 3. The van der Waals surface area contributed by atoms with Gasteiger partial charge in [0.2, 0.25) is 15.8 Å². The zero-order chi connectivity index (χ0) is 18.2. The zero-order valence-electron chi connectivity index (χ0n) is 13.2. The molecule has 0 radical (unpaired) electrons. The van der Waals surface area contributed by atoms with Gasteiger partial charge in [0.05, 0.1) is 5.75 Å². The van der Waals surface area contributed by atoms with Gasteiger partial charge in [0.15, 0.2) is 0 Å². The van der Waals surface area contributed by atoms with Crippen LogP contribution >= 0.6 is 0 Å². The number of nitrogens with one attached hydrogen (secondary N) is 1. The van der Waals surface area contributed by atoms with Crippen LogP contribution in [-0.2, 0) is 16.2 Å². The predicted molar refractivity (Wildman–Crippen MR) is 82.8 cm³/mol. The van der Waals surface area contributed by atoms with Crippen LogP contribution in [0.25, 0.3) is 11.4 Å². The summed E-state index contributed by atoms with van der Waals surface area (Å²) in [6, 6.07) is 6.10. The maximum absolute atomic E-state index is 12.5. The topological polar surface area (TPSA) is 85.1 Å². The van der Waals surface area contributed by atoms with Crippen molar-refractivity contribution in [3.63, 3.8) is 0 Å². The predicted octanol–water partition coefficient (Wildman–Crippen LogP) is 3.15. The van der Waals surface area contributed by atoms with Crippen molar-refractivity contribution < 1.29 is 26.1 Å². The Hall–Kier alpha value is -1.94. The number of hydrogen-bond donors (Lipinski definition) is 1. The van der Waals surface area contributed by atoms with Crippen molar-refractivity contribution in [2.75, 3.05) is 5.75 Å². The van der Waals surface area contributed by atoms with Crippen molar-refractivity contribution in [2.24, 2.45) is 5.92 Å². The van der Waals surface area contributed by atoms with Crippen LogP contribution in [0.1, 0.15) is 37.3 Å². The number of rotatable bonds is 6. The van der Waals surface area contributed by atoms with E-state index in [4.69, 9.17) is 0 Å². The van der Waals surface area contributed by atoms with E-state index in [0.717, 1.165) is 18.4 Å². The Morgan fingerprint density at radius 3 is 2.40 bits per heavy atom. The molecule has 1 aromatic carbocycles. The van der Waals surface area contributed by atoms with Crippen molar-refractivity contribution in [1.82, 2.24) is 14.9 Å². The minimum Gasteiger partial charge on any atom is -0.329 e. The van der Waals surface area contributed by atoms with Crippen molar-refractivity contribution in [3.05, 3.63) is 35.7 Å². The van der Waals surface area contributed by atoms with Crippen molar-refractivity contribution in [2.45, 2.75) is 32.0 Å². The van der Waals surface area contributed by atoms with Gasteiger partial charge >= 0.3 is 12.1 Å². The second kappa shape index (κ2) is 6.41. The smallest absolute Gasteiger partial charge is 0.329 e. The Labute approximate surface area is 142 Å². The first-order valence-corrected chi connectivity index (χ1v) is 9.36. The van der Waals surface area contributed by atoms with Crippen molar-refractivity contribution >= 4 is 10.0 Å². The van der Waals surface area contributed by atoms with E-state index in [1.807, 2.05) is 0 Å². The maximum Gasteiger partial charge on any atom is 0.471 e. The van der Waals surface area contributed by atoms with Crippen LogP contribution < -0.4 is 4.72 Å². The van der Waals surface area contributed by atoms with Crippen LogP contribution in [0.4, 0.5) is 13.2 Å². The number of nitrogens with zero attached hydrogens (tertiary/aromatic N) is 2. The van der Waals surface area contributed by atoms with Crippen molar-refractivity contribution in [1.29, 1.82) is 0 Å². The Morgan fingerprint density at radius 1 is 1.28 bits per heavy atom. The summed E-state index contributed by atoms with van der Waals surface area (Å²) < 4.78 is 68.1. The molecule has 25 heavy (non-hydrogen) atoms. The first-order valence-electron chi connectivity index (χ1n) is 7.71. The van der Waals surface area contributed by atoms with Crippen LogP contribution in [-0.4, -0.2) is 24.3 Å². The molecule has 0 aliphatic heterocycles. The number of benzene rings is 1. The monoisotopic (exact) mass is 375 g/mol. The van der Waals surface area contributed by atoms with Crippen LogP contribution in [0.2, 0.25) is 0 Å². The van der Waals surface area contributed by atoms with Gasteiger partial charge in [-0.3, -0.25) is 0 Å². The lowest BCUT2D eigenvalue weighted by atomic mass is 10.0. The highest BCUT2D eigenvalue weighted by Crippen LogP contribution is 2.41. The van der Waals surface area contributed by atoms with Crippen LogP contribution in [0.15, 0.2) is 28.8 Å². The third-order valence-corrected chi connectivity index (χ3v) is 5.35. The lowest BCUT2D eigenvalue weighted by Crippen LogP contribution is -2.31. The molecular formula is C15H16F3N3O3S. The Morgan fingerprint density at radius 2 is 1.92 bits per heavy atom. The summed E-state index contributed by atoms with van der Waals surface area (Å²) in [5.41, 5.74) is 1.11. The fourth-order valence-electron chi connectivity index (χ4n) is 2.44. The summed E-state index contributed by atoms with van der Waals surface area (Å²) in [6.45, 7) is 1.56. The largest absolute Gasteiger partial charge is 0.471 e. The molecule has 0 spiro atoms. The molecule has 1 heterocycles. The number of sulfonamides is 1. The van der Waals surface area contributed by atoms with Gasteiger partial charge in [-0.1, -0.05) is 29.4 Å². The van der Waals surface area contributed by atoms with Gasteiger partial charge in [-0.25, -0.2) is 13.1 Å². The maximum atomic E-state index is 12.5. The van der Waals surface area contributed by atoms with E-state index in [1.54, 1.807) is 31.2 Å². The highest BCUT2D eigenvalue weighted by Gasteiger charge is 2.38. The molecule has 1 atom stereocenters. The van der Waals surface area contributed by atoms with Gasteiger partial charge < -0.3 is 4.52 Å². The second-order valence-corrected chi connectivity index (χ2v) is 7.92. The summed E-state index contributed by atoms with van der Waals surface area (Å²) in [5, 5.41) is 3.33.